The molecular weight excluding hydrogens is 453 g/mol. The van der Waals surface area contributed by atoms with E-state index in [4.69, 9.17) is 19.7 Å². The number of nitrogens with zero attached hydrogens (tertiary/aromatic N) is 5. The maximum absolute atomic E-state index is 14.4. The third-order valence-corrected chi connectivity index (χ3v) is 8.23. The standard InChI is InChI=1S/C24H26FN7OS/c25-16-7-18(17-1-2-27-19(17)8-16)22-29-23(32-3-5-33-6-4-32)21-24(30-22)34-20(28-21)13-31-11-14-9-26-10-15(14)12-31/h1-2,7-8,14-15,26-27H,3-6,9-13H2. The van der Waals surface area contributed by atoms with Gasteiger partial charge in [-0.15, -0.1) is 0 Å². The largest absolute Gasteiger partial charge is 0.378 e. The molecule has 0 radical (unpaired) electrons. The molecule has 34 heavy (non-hydrogen) atoms. The van der Waals surface area contributed by atoms with Gasteiger partial charge in [-0.1, -0.05) is 11.3 Å². The van der Waals surface area contributed by atoms with E-state index in [-0.39, 0.29) is 5.82 Å². The van der Waals surface area contributed by atoms with E-state index in [1.54, 1.807) is 11.3 Å². The minimum atomic E-state index is -0.305. The Hall–Kier alpha value is -2.66. The number of hydrogen-bond donors (Lipinski definition) is 2. The van der Waals surface area contributed by atoms with Crippen LogP contribution in [0.4, 0.5) is 10.2 Å². The van der Waals surface area contributed by atoms with Gasteiger partial charge >= 0.3 is 0 Å². The van der Waals surface area contributed by atoms with Crippen molar-refractivity contribution in [3.8, 4) is 11.4 Å². The third-order valence-electron chi connectivity index (χ3n) is 7.29. The fraction of sp³-hybridized carbons (Fsp3) is 0.458. The van der Waals surface area contributed by atoms with Gasteiger partial charge in [-0.05, 0) is 43.1 Å². The SMILES string of the molecule is Fc1cc(-c2nc(N3CCOCC3)c3nc(CN4CC5CNCC5C4)sc3n2)c2cc[nH]c2c1. The first-order valence-corrected chi connectivity index (χ1v) is 12.7. The fourth-order valence-electron chi connectivity index (χ4n) is 5.62. The number of morpholine rings is 1. The molecule has 0 spiro atoms. The van der Waals surface area contributed by atoms with E-state index in [0.29, 0.717) is 24.6 Å². The second kappa shape index (κ2) is 8.23. The Morgan fingerprint density at radius 3 is 2.74 bits per heavy atom. The lowest BCUT2D eigenvalue weighted by molar-refractivity contribution is 0.122. The second-order valence-electron chi connectivity index (χ2n) is 9.50. The zero-order chi connectivity index (χ0) is 22.6. The van der Waals surface area contributed by atoms with Crippen molar-refractivity contribution >= 4 is 38.4 Å². The molecule has 1 aromatic carbocycles. The molecular formula is C24H26FN7OS. The summed E-state index contributed by atoms with van der Waals surface area (Å²) in [6.45, 7) is 8.15. The van der Waals surface area contributed by atoms with Gasteiger partial charge in [0.25, 0.3) is 0 Å². The number of rotatable bonds is 4. The highest BCUT2D eigenvalue weighted by Gasteiger charge is 2.36. The lowest BCUT2D eigenvalue weighted by atomic mass is 10.0. The predicted octanol–water partition coefficient (Wildman–Crippen LogP) is 2.86. The Morgan fingerprint density at radius 1 is 1.09 bits per heavy atom. The molecule has 3 aliphatic rings. The molecule has 10 heteroatoms. The number of aromatic nitrogens is 4. The quantitative estimate of drug-likeness (QED) is 0.466. The molecule has 0 amide bonds. The topological polar surface area (TPSA) is 82.2 Å². The maximum atomic E-state index is 14.4. The summed E-state index contributed by atoms with van der Waals surface area (Å²) in [6, 6.07) is 4.98. The van der Waals surface area contributed by atoms with Crippen molar-refractivity contribution in [2.75, 3.05) is 57.4 Å². The van der Waals surface area contributed by atoms with Crippen LogP contribution in [-0.2, 0) is 11.3 Å². The van der Waals surface area contributed by atoms with E-state index in [1.807, 2.05) is 12.3 Å². The van der Waals surface area contributed by atoms with Crippen LogP contribution in [-0.4, -0.2) is 77.3 Å². The van der Waals surface area contributed by atoms with E-state index in [2.05, 4.69) is 20.1 Å². The average Bonchev–Trinajstić information content (AvgIpc) is 3.62. The van der Waals surface area contributed by atoms with Crippen molar-refractivity contribution in [3.63, 3.8) is 0 Å². The molecule has 3 fully saturated rings. The van der Waals surface area contributed by atoms with Crippen molar-refractivity contribution in [2.45, 2.75) is 6.54 Å². The van der Waals surface area contributed by atoms with Gasteiger partial charge in [0.2, 0.25) is 0 Å². The number of halogens is 1. The maximum Gasteiger partial charge on any atom is 0.164 e. The van der Waals surface area contributed by atoms with Gasteiger partial charge in [0.1, 0.15) is 21.2 Å². The predicted molar refractivity (Wildman–Crippen MR) is 131 cm³/mol. The first-order chi connectivity index (χ1) is 16.7. The molecule has 2 atom stereocenters. The molecule has 4 aromatic rings. The van der Waals surface area contributed by atoms with Crippen LogP contribution in [0.2, 0.25) is 0 Å². The monoisotopic (exact) mass is 479 g/mol. The van der Waals surface area contributed by atoms with Crippen LogP contribution in [0.25, 0.3) is 32.6 Å². The van der Waals surface area contributed by atoms with E-state index in [0.717, 1.165) is 89.7 Å². The van der Waals surface area contributed by atoms with Gasteiger partial charge in [0, 0.05) is 48.8 Å². The van der Waals surface area contributed by atoms with Crippen molar-refractivity contribution < 1.29 is 9.13 Å². The van der Waals surface area contributed by atoms with Gasteiger partial charge in [0.05, 0.1) is 19.8 Å². The summed E-state index contributed by atoms with van der Waals surface area (Å²) in [5.74, 6) is 2.56. The number of fused-ring (bicyclic) bond motifs is 3. The van der Waals surface area contributed by atoms with Crippen molar-refractivity contribution in [1.82, 2.24) is 30.2 Å². The van der Waals surface area contributed by atoms with E-state index in [1.165, 1.54) is 12.1 Å². The van der Waals surface area contributed by atoms with Crippen LogP contribution in [0, 0.1) is 17.7 Å². The summed E-state index contributed by atoms with van der Waals surface area (Å²) < 4.78 is 20.0. The molecule has 6 heterocycles. The van der Waals surface area contributed by atoms with Crippen LogP contribution in [0.3, 0.4) is 0 Å². The average molecular weight is 480 g/mol. The van der Waals surface area contributed by atoms with Crippen LogP contribution in [0.1, 0.15) is 5.01 Å². The minimum absolute atomic E-state index is 0.305. The van der Waals surface area contributed by atoms with E-state index < -0.39 is 0 Å². The Morgan fingerprint density at radius 2 is 1.91 bits per heavy atom. The number of benzene rings is 1. The fourth-order valence-corrected chi connectivity index (χ4v) is 6.60. The van der Waals surface area contributed by atoms with Crippen LogP contribution < -0.4 is 10.2 Å². The third kappa shape index (κ3) is 3.56. The zero-order valence-corrected chi connectivity index (χ0v) is 19.6. The van der Waals surface area contributed by atoms with Crippen LogP contribution in [0.5, 0.6) is 0 Å². The first kappa shape index (κ1) is 20.7. The summed E-state index contributed by atoms with van der Waals surface area (Å²) in [7, 11) is 0. The van der Waals surface area contributed by atoms with Crippen molar-refractivity contribution in [1.29, 1.82) is 0 Å². The summed E-state index contributed by atoms with van der Waals surface area (Å²) in [5, 5.41) is 5.49. The lowest BCUT2D eigenvalue weighted by Gasteiger charge is -2.28. The van der Waals surface area contributed by atoms with Crippen molar-refractivity contribution in [2.24, 2.45) is 11.8 Å². The summed E-state index contributed by atoms with van der Waals surface area (Å²) in [4.78, 5) is 23.6. The van der Waals surface area contributed by atoms with Crippen LogP contribution >= 0.6 is 11.3 Å². The molecule has 2 N–H and O–H groups in total. The number of H-pyrrole nitrogens is 1. The highest BCUT2D eigenvalue weighted by atomic mass is 32.1. The number of likely N-dealkylation sites (tertiary alicyclic amines) is 1. The minimum Gasteiger partial charge on any atom is -0.378 e. The highest BCUT2D eigenvalue weighted by Crippen LogP contribution is 2.35. The summed E-state index contributed by atoms with van der Waals surface area (Å²) in [5.41, 5.74) is 2.28. The second-order valence-corrected chi connectivity index (χ2v) is 10.6. The molecule has 3 aromatic heterocycles. The van der Waals surface area contributed by atoms with E-state index >= 15 is 0 Å². The number of thiazole rings is 1. The number of nitrogens with one attached hydrogen (secondary N) is 2. The Labute approximate surface area is 200 Å². The lowest BCUT2D eigenvalue weighted by Crippen LogP contribution is -2.37. The number of ether oxygens (including phenoxy) is 1. The molecule has 7 rings (SSSR count). The Bertz CT molecular complexity index is 1350. The molecule has 2 unspecified atom stereocenters. The number of hydrogen-bond acceptors (Lipinski definition) is 8. The Balaban J connectivity index is 1.31. The molecule has 8 nitrogen and oxygen atoms in total. The molecule has 3 aliphatic heterocycles. The van der Waals surface area contributed by atoms with Gasteiger partial charge in [-0.3, -0.25) is 4.90 Å². The van der Waals surface area contributed by atoms with Gasteiger partial charge in [-0.25, -0.2) is 19.3 Å². The molecule has 3 saturated heterocycles. The number of anilines is 1. The summed E-state index contributed by atoms with van der Waals surface area (Å²) >= 11 is 1.63. The zero-order valence-electron chi connectivity index (χ0n) is 18.8. The Kier molecular flexibility index (Phi) is 5.01. The normalized spacial score (nSPS) is 23.4. The van der Waals surface area contributed by atoms with Gasteiger partial charge in [-0.2, -0.15) is 0 Å². The van der Waals surface area contributed by atoms with Gasteiger partial charge < -0.3 is 19.9 Å². The molecule has 0 saturated carbocycles. The van der Waals surface area contributed by atoms with Gasteiger partial charge in [0.15, 0.2) is 11.6 Å². The van der Waals surface area contributed by atoms with E-state index in [9.17, 15) is 4.39 Å². The smallest absolute Gasteiger partial charge is 0.164 e. The molecule has 0 bridgehead atoms. The highest BCUT2D eigenvalue weighted by molar-refractivity contribution is 7.18. The van der Waals surface area contributed by atoms with Crippen molar-refractivity contribution in [3.05, 3.63) is 35.2 Å². The molecule has 176 valence electrons. The number of aromatic amines is 1. The first-order valence-electron chi connectivity index (χ1n) is 11.9. The molecule has 0 aliphatic carbocycles. The summed E-state index contributed by atoms with van der Waals surface area (Å²) in [6.07, 6.45) is 1.82. The van der Waals surface area contributed by atoms with Crippen LogP contribution in [0.15, 0.2) is 24.4 Å².